The summed E-state index contributed by atoms with van der Waals surface area (Å²) in [6.45, 7) is 7.38. The minimum atomic E-state index is -3.15. The van der Waals surface area contributed by atoms with Crippen molar-refractivity contribution in [2.24, 2.45) is 0 Å². The molecule has 1 aromatic rings. The van der Waals surface area contributed by atoms with Crippen LogP contribution >= 0.6 is 20.0 Å². The first-order chi connectivity index (χ1) is 7.12. The Kier molecular flexibility index (Phi) is 4.71. The van der Waals surface area contributed by atoms with Crippen molar-refractivity contribution >= 4 is 35.8 Å². The van der Waals surface area contributed by atoms with Crippen molar-refractivity contribution in [3.8, 4) is 0 Å². The molecule has 15 heavy (non-hydrogen) atoms. The summed E-state index contributed by atoms with van der Waals surface area (Å²) in [6.07, 6.45) is 5.24. The normalized spacial score (nSPS) is 12.3. The van der Waals surface area contributed by atoms with Gasteiger partial charge < -0.3 is 0 Å². The average molecular weight is 300 g/mol. The van der Waals surface area contributed by atoms with Gasteiger partial charge in [0.2, 0.25) is 0 Å². The Morgan fingerprint density at radius 1 is 1.13 bits per heavy atom. The van der Waals surface area contributed by atoms with E-state index in [0.717, 1.165) is 8.80 Å². The van der Waals surface area contributed by atoms with Crippen LogP contribution in [0.2, 0.25) is 0 Å². The van der Waals surface area contributed by atoms with Gasteiger partial charge in [0.1, 0.15) is 0 Å². The molecule has 0 amide bonds. The quantitative estimate of drug-likeness (QED) is 0.588. The molecule has 3 heteroatoms. The molecule has 78 valence electrons. The summed E-state index contributed by atoms with van der Waals surface area (Å²) in [6, 6.07) is 9.74. The third-order valence-electron chi connectivity index (χ3n) is 2.02. The van der Waals surface area contributed by atoms with Crippen LogP contribution in [0.5, 0.6) is 0 Å². The van der Waals surface area contributed by atoms with E-state index in [1.54, 1.807) is 12.2 Å². The fraction of sp³-hybridized carbons (Fsp3) is 0. The molecule has 0 radical (unpaired) electrons. The summed E-state index contributed by atoms with van der Waals surface area (Å²) in [7, 11) is 12.9. The van der Waals surface area contributed by atoms with E-state index in [2.05, 4.69) is 13.2 Å². The van der Waals surface area contributed by atoms with Crippen molar-refractivity contribution in [2.75, 3.05) is 0 Å². The first-order valence-corrected chi connectivity index (χ1v) is 12.1. The molecule has 1 rings (SSSR count). The van der Waals surface area contributed by atoms with Gasteiger partial charge in [-0.15, -0.1) is 0 Å². The van der Waals surface area contributed by atoms with Crippen molar-refractivity contribution in [1.29, 1.82) is 0 Å². The van der Waals surface area contributed by atoms with Crippen molar-refractivity contribution in [2.45, 2.75) is 0 Å². The van der Waals surface area contributed by atoms with Crippen LogP contribution in [0, 0.1) is 0 Å². The number of hydrogen-bond donors (Lipinski definition) is 0. The van der Waals surface area contributed by atoms with Gasteiger partial charge >= 0.3 is 102 Å². The molecule has 0 bridgehead atoms. The van der Waals surface area contributed by atoms with Crippen molar-refractivity contribution in [3.63, 3.8) is 0 Å². The second-order valence-electron chi connectivity index (χ2n) is 3.00. The fourth-order valence-electron chi connectivity index (χ4n) is 1.24. The van der Waals surface area contributed by atoms with Crippen LogP contribution in [-0.2, 0) is 0 Å². The van der Waals surface area contributed by atoms with Crippen LogP contribution < -0.4 is 4.40 Å². The van der Waals surface area contributed by atoms with E-state index in [1.165, 1.54) is 0 Å². The van der Waals surface area contributed by atoms with E-state index < -0.39 is 11.4 Å². The van der Waals surface area contributed by atoms with E-state index in [9.17, 15) is 0 Å². The number of benzene rings is 1. The molecule has 0 saturated heterocycles. The van der Waals surface area contributed by atoms with Crippen LogP contribution in [0.1, 0.15) is 0 Å². The Morgan fingerprint density at radius 3 is 2.20 bits per heavy atom. The zero-order chi connectivity index (χ0) is 11.3. The van der Waals surface area contributed by atoms with E-state index in [0.29, 0.717) is 0 Å². The molecule has 0 spiro atoms. The molecule has 0 aliphatic heterocycles. The fourth-order valence-corrected chi connectivity index (χ4v) is 7.21. The van der Waals surface area contributed by atoms with E-state index >= 15 is 0 Å². The first-order valence-electron chi connectivity index (χ1n) is 4.52. The van der Waals surface area contributed by atoms with Gasteiger partial charge in [0, 0.05) is 0 Å². The topological polar surface area (TPSA) is 0 Å². The van der Waals surface area contributed by atoms with Gasteiger partial charge in [0.05, 0.1) is 0 Å². The Labute approximate surface area is 102 Å². The average Bonchev–Trinajstić information content (AvgIpc) is 2.27. The Morgan fingerprint density at radius 2 is 1.73 bits per heavy atom. The number of rotatable bonds is 4. The molecule has 0 unspecified atom stereocenters. The molecule has 0 nitrogen and oxygen atoms in total. The molecule has 0 aliphatic rings. The van der Waals surface area contributed by atoms with Crippen LogP contribution in [0.15, 0.2) is 66.1 Å². The minimum absolute atomic E-state index is 0.902. The summed E-state index contributed by atoms with van der Waals surface area (Å²) >= 11 is -3.15. The molecule has 0 saturated carbocycles. The SMILES string of the molecule is C=C/C=[C](\C=C)[Ge]([Cl])([Cl])[c]1ccccc1. The van der Waals surface area contributed by atoms with Crippen molar-refractivity contribution < 1.29 is 0 Å². The zero-order valence-corrected chi connectivity index (χ0v) is 11.9. The Hall–Kier alpha value is -0.437. The van der Waals surface area contributed by atoms with Gasteiger partial charge in [-0.2, -0.15) is 0 Å². The Bertz CT molecular complexity index is 380. The van der Waals surface area contributed by atoms with Crippen LogP contribution in [0.4, 0.5) is 0 Å². The van der Waals surface area contributed by atoms with Crippen LogP contribution in [0.25, 0.3) is 0 Å². The van der Waals surface area contributed by atoms with Crippen molar-refractivity contribution in [3.05, 3.63) is 66.1 Å². The summed E-state index contributed by atoms with van der Waals surface area (Å²) < 4.78 is 1.91. The van der Waals surface area contributed by atoms with Crippen LogP contribution in [0.3, 0.4) is 0 Å². The van der Waals surface area contributed by atoms with Gasteiger partial charge in [-0.1, -0.05) is 0 Å². The maximum absolute atomic E-state index is 6.47. The first kappa shape index (κ1) is 12.6. The van der Waals surface area contributed by atoms with E-state index in [1.807, 2.05) is 36.4 Å². The molecule has 0 fully saturated rings. The zero-order valence-electron chi connectivity index (χ0n) is 8.29. The molecular formula is C12H12Cl2Ge. The molecule has 1 aromatic carbocycles. The van der Waals surface area contributed by atoms with Crippen molar-refractivity contribution in [1.82, 2.24) is 0 Å². The second kappa shape index (κ2) is 5.59. The summed E-state index contributed by atoms with van der Waals surface area (Å²) in [4.78, 5) is 0. The summed E-state index contributed by atoms with van der Waals surface area (Å²) in [5.74, 6) is 0. The standard InChI is InChI=1S/C12H12Cl2Ge/c1-3-8-11(4-2)15(13,14)12-9-6-5-7-10-12/h3-10H,1-2H2/b11-8+. The number of halogens is 2. The number of allylic oxidation sites excluding steroid dienone is 4. The van der Waals surface area contributed by atoms with Gasteiger partial charge in [0.15, 0.2) is 0 Å². The third-order valence-corrected chi connectivity index (χ3v) is 11.1. The predicted molar refractivity (Wildman–Crippen MR) is 72.0 cm³/mol. The number of hydrogen-bond acceptors (Lipinski definition) is 0. The summed E-state index contributed by atoms with van der Waals surface area (Å²) in [5, 5.41) is 0. The van der Waals surface area contributed by atoms with E-state index in [4.69, 9.17) is 20.0 Å². The third kappa shape index (κ3) is 3.01. The molecule has 0 aromatic heterocycles. The molecule has 0 N–H and O–H groups in total. The van der Waals surface area contributed by atoms with Gasteiger partial charge in [-0.25, -0.2) is 0 Å². The summed E-state index contributed by atoms with van der Waals surface area (Å²) in [5.41, 5.74) is 0. The van der Waals surface area contributed by atoms with E-state index in [-0.39, 0.29) is 0 Å². The predicted octanol–water partition coefficient (Wildman–Crippen LogP) is 3.65. The monoisotopic (exact) mass is 300 g/mol. The maximum atomic E-state index is 6.47. The molecule has 0 atom stereocenters. The molecule has 0 aliphatic carbocycles. The van der Waals surface area contributed by atoms with Gasteiger partial charge in [-0.3, -0.25) is 0 Å². The van der Waals surface area contributed by atoms with Gasteiger partial charge in [-0.05, 0) is 0 Å². The molecular weight excluding hydrogens is 288 g/mol. The second-order valence-corrected chi connectivity index (χ2v) is 14.7. The van der Waals surface area contributed by atoms with Crippen LogP contribution in [-0.4, -0.2) is 11.4 Å². The Balaban J connectivity index is 3.17. The van der Waals surface area contributed by atoms with Gasteiger partial charge in [0.25, 0.3) is 0 Å². The molecule has 0 heterocycles.